The summed E-state index contributed by atoms with van der Waals surface area (Å²) in [4.78, 5) is 21.6. The lowest BCUT2D eigenvalue weighted by Gasteiger charge is -2.16. The summed E-state index contributed by atoms with van der Waals surface area (Å²) in [6.07, 6.45) is 3.39. The van der Waals surface area contributed by atoms with Crippen molar-refractivity contribution in [2.45, 2.75) is 18.9 Å². The van der Waals surface area contributed by atoms with Crippen LogP contribution in [-0.4, -0.2) is 36.3 Å². The van der Waals surface area contributed by atoms with E-state index in [2.05, 4.69) is 15.6 Å². The van der Waals surface area contributed by atoms with Crippen LogP contribution in [0, 0.1) is 0 Å². The second-order valence-electron chi connectivity index (χ2n) is 7.17. The molecule has 0 radical (unpaired) electrons. The van der Waals surface area contributed by atoms with Crippen molar-refractivity contribution >= 4 is 29.0 Å². The first kappa shape index (κ1) is 24.9. The summed E-state index contributed by atoms with van der Waals surface area (Å²) in [5, 5.41) is 6.47. The number of hydrogen-bond acceptors (Lipinski definition) is 5. The number of hydrogen-bond donors (Lipinski definition) is 2. The minimum Gasteiger partial charge on any atom is -0.359 e. The van der Waals surface area contributed by atoms with Gasteiger partial charge in [-0.1, -0.05) is 35.3 Å². The number of alkyl halides is 2. The van der Waals surface area contributed by atoms with Gasteiger partial charge in [-0.15, -0.1) is 0 Å². The highest BCUT2D eigenvalue weighted by molar-refractivity contribution is 6.30. The van der Waals surface area contributed by atoms with Crippen LogP contribution in [0.3, 0.4) is 0 Å². The van der Waals surface area contributed by atoms with Gasteiger partial charge >= 0.3 is 11.6 Å². The highest BCUT2D eigenvalue weighted by Crippen LogP contribution is 2.25. The SMILES string of the molecule is CO[n+]1ccccc1C(F)(F)CNc1ncc(Cl)n(CCNCCc2cccc(Cl)c2)c1=O. The number of nitrogens with one attached hydrogen (secondary N) is 2. The van der Waals surface area contributed by atoms with E-state index in [0.717, 1.165) is 16.7 Å². The van der Waals surface area contributed by atoms with Crippen LogP contribution >= 0.6 is 23.2 Å². The smallest absolute Gasteiger partial charge is 0.351 e. The van der Waals surface area contributed by atoms with Crippen LogP contribution in [0.1, 0.15) is 11.3 Å². The highest BCUT2D eigenvalue weighted by atomic mass is 35.5. The Labute approximate surface area is 199 Å². The molecule has 176 valence electrons. The van der Waals surface area contributed by atoms with Crippen molar-refractivity contribution < 1.29 is 18.3 Å². The average molecular weight is 499 g/mol. The van der Waals surface area contributed by atoms with Crippen molar-refractivity contribution in [2.24, 2.45) is 0 Å². The van der Waals surface area contributed by atoms with E-state index in [1.165, 1.54) is 36.2 Å². The zero-order valence-electron chi connectivity index (χ0n) is 17.9. The third-order valence-corrected chi connectivity index (χ3v) is 5.41. The van der Waals surface area contributed by atoms with E-state index in [-0.39, 0.29) is 23.2 Å². The van der Waals surface area contributed by atoms with Crippen molar-refractivity contribution in [2.75, 3.05) is 32.1 Å². The second kappa shape index (κ2) is 11.4. The third kappa shape index (κ3) is 6.63. The number of halogens is 4. The van der Waals surface area contributed by atoms with Crippen LogP contribution in [0.4, 0.5) is 14.6 Å². The lowest BCUT2D eigenvalue weighted by Crippen LogP contribution is -2.49. The fourth-order valence-electron chi connectivity index (χ4n) is 3.19. The van der Waals surface area contributed by atoms with Gasteiger partial charge in [-0.2, -0.15) is 8.78 Å². The molecule has 2 N–H and O–H groups in total. The molecule has 2 aromatic heterocycles. The van der Waals surface area contributed by atoms with E-state index in [1.54, 1.807) is 6.07 Å². The fourth-order valence-corrected chi connectivity index (χ4v) is 3.62. The van der Waals surface area contributed by atoms with Gasteiger partial charge in [-0.05, 0) is 36.7 Å². The quantitative estimate of drug-likeness (QED) is 0.314. The van der Waals surface area contributed by atoms with Gasteiger partial charge in [0.1, 0.15) is 12.3 Å². The Bertz CT molecular complexity index is 1140. The number of anilines is 1. The molecule has 2 heterocycles. The predicted octanol–water partition coefficient (Wildman–Crippen LogP) is 2.93. The third-order valence-electron chi connectivity index (χ3n) is 4.87. The first-order valence-corrected chi connectivity index (χ1v) is 11.0. The summed E-state index contributed by atoms with van der Waals surface area (Å²) < 4.78 is 31.7. The van der Waals surface area contributed by atoms with E-state index >= 15 is 0 Å². The van der Waals surface area contributed by atoms with Crippen molar-refractivity contribution in [1.82, 2.24) is 14.9 Å². The normalized spacial score (nSPS) is 11.4. The molecule has 0 bridgehead atoms. The number of nitrogens with zero attached hydrogens (tertiary/aromatic N) is 3. The molecule has 0 unspecified atom stereocenters. The lowest BCUT2D eigenvalue weighted by atomic mass is 10.1. The Hall–Kier alpha value is -2.75. The molecule has 0 spiro atoms. The predicted molar refractivity (Wildman–Crippen MR) is 123 cm³/mol. The molecule has 33 heavy (non-hydrogen) atoms. The van der Waals surface area contributed by atoms with Crippen LogP contribution < -0.4 is 25.8 Å². The zero-order chi connectivity index (χ0) is 23.8. The Kier molecular flexibility index (Phi) is 8.60. The van der Waals surface area contributed by atoms with Gasteiger partial charge < -0.3 is 10.6 Å². The van der Waals surface area contributed by atoms with Crippen molar-refractivity contribution in [3.05, 3.63) is 86.6 Å². The Morgan fingerprint density at radius 1 is 1.18 bits per heavy atom. The van der Waals surface area contributed by atoms with Crippen molar-refractivity contribution in [1.29, 1.82) is 0 Å². The largest absolute Gasteiger partial charge is 0.359 e. The maximum atomic E-state index is 14.7. The van der Waals surface area contributed by atoms with E-state index in [9.17, 15) is 13.6 Å². The average Bonchev–Trinajstić information content (AvgIpc) is 2.80. The molecule has 3 rings (SSSR count). The molecule has 1 aromatic carbocycles. The van der Waals surface area contributed by atoms with E-state index < -0.39 is 18.0 Å². The molecular formula is C22H24Cl2F2N5O2+. The molecule has 3 aromatic rings. The van der Waals surface area contributed by atoms with Crippen molar-refractivity contribution in [3.8, 4) is 0 Å². The summed E-state index contributed by atoms with van der Waals surface area (Å²) in [5.41, 5.74) is 0.149. The highest BCUT2D eigenvalue weighted by Gasteiger charge is 2.42. The Morgan fingerprint density at radius 2 is 2.00 bits per heavy atom. The van der Waals surface area contributed by atoms with Gasteiger partial charge in [-0.3, -0.25) is 14.2 Å². The van der Waals surface area contributed by atoms with Gasteiger partial charge in [-0.25, -0.2) is 4.98 Å². The molecular weight excluding hydrogens is 475 g/mol. The standard InChI is InChI=1S/C22H24Cl2F2N5O2/c1-33-31-11-3-2-7-18(31)22(25,26)15-29-20-21(32)30(19(24)14-28-20)12-10-27-9-8-16-5-4-6-17(23)13-16/h2-7,11,13-14,27H,8-10,12,15H2,1H3,(H,28,29)/q+1. The number of rotatable bonds is 11. The number of aromatic nitrogens is 3. The maximum absolute atomic E-state index is 14.7. The van der Waals surface area contributed by atoms with Crippen molar-refractivity contribution in [3.63, 3.8) is 0 Å². The molecule has 0 atom stereocenters. The monoisotopic (exact) mass is 498 g/mol. The Morgan fingerprint density at radius 3 is 2.76 bits per heavy atom. The van der Waals surface area contributed by atoms with E-state index in [0.29, 0.717) is 18.1 Å². The first-order valence-electron chi connectivity index (χ1n) is 10.2. The molecule has 0 amide bonds. The number of pyridine rings is 1. The Balaban J connectivity index is 1.59. The summed E-state index contributed by atoms with van der Waals surface area (Å²) in [7, 11) is 1.29. The van der Waals surface area contributed by atoms with Crippen LogP contribution in [-0.2, 0) is 18.9 Å². The molecule has 0 aliphatic heterocycles. The molecule has 0 aliphatic carbocycles. The zero-order valence-corrected chi connectivity index (χ0v) is 19.4. The van der Waals surface area contributed by atoms with Gasteiger partial charge in [0.25, 0.3) is 5.56 Å². The first-order chi connectivity index (χ1) is 15.8. The van der Waals surface area contributed by atoms with Gasteiger partial charge in [0, 0.05) is 35.0 Å². The summed E-state index contributed by atoms with van der Waals surface area (Å²) in [6, 6.07) is 11.9. The minimum absolute atomic E-state index is 0.120. The molecule has 0 saturated heterocycles. The van der Waals surface area contributed by atoms with Gasteiger partial charge in [0.05, 0.1) is 12.7 Å². The van der Waals surface area contributed by atoms with Gasteiger partial charge in [0.15, 0.2) is 5.82 Å². The second-order valence-corrected chi connectivity index (χ2v) is 7.99. The topological polar surface area (TPSA) is 72.1 Å². The molecule has 0 fully saturated rings. The van der Waals surface area contributed by atoms with Crippen LogP contribution in [0.2, 0.25) is 10.2 Å². The summed E-state index contributed by atoms with van der Waals surface area (Å²) in [5.74, 6) is -3.53. The summed E-state index contributed by atoms with van der Waals surface area (Å²) in [6.45, 7) is 0.536. The van der Waals surface area contributed by atoms with Crippen LogP contribution in [0.5, 0.6) is 0 Å². The van der Waals surface area contributed by atoms with Gasteiger partial charge in [0.2, 0.25) is 6.20 Å². The molecule has 11 heteroatoms. The number of benzene rings is 1. The van der Waals surface area contributed by atoms with E-state index in [4.69, 9.17) is 28.0 Å². The molecule has 0 aliphatic rings. The van der Waals surface area contributed by atoms with Crippen LogP contribution in [0.15, 0.2) is 59.7 Å². The molecule has 0 saturated carbocycles. The van der Waals surface area contributed by atoms with Crippen LogP contribution in [0.25, 0.3) is 0 Å². The minimum atomic E-state index is -3.32. The lowest BCUT2D eigenvalue weighted by molar-refractivity contribution is -0.894. The maximum Gasteiger partial charge on any atom is 0.351 e. The fraction of sp³-hybridized carbons (Fsp3) is 0.318. The van der Waals surface area contributed by atoms with E-state index in [1.807, 2.05) is 24.3 Å². The molecule has 7 nitrogen and oxygen atoms in total. The summed E-state index contributed by atoms with van der Waals surface area (Å²) >= 11 is 12.1.